The van der Waals surface area contributed by atoms with E-state index in [0.29, 0.717) is 24.0 Å². The summed E-state index contributed by atoms with van der Waals surface area (Å²) in [5, 5.41) is 4.85. The highest BCUT2D eigenvalue weighted by molar-refractivity contribution is 7.86. The Bertz CT molecular complexity index is 647. The molecule has 3 fully saturated rings. The van der Waals surface area contributed by atoms with Crippen molar-refractivity contribution < 1.29 is 8.42 Å². The summed E-state index contributed by atoms with van der Waals surface area (Å²) in [4.78, 5) is 2.41. The third-order valence-corrected chi connectivity index (χ3v) is 6.87. The van der Waals surface area contributed by atoms with E-state index in [0.717, 1.165) is 32.5 Å². The van der Waals surface area contributed by atoms with Crippen molar-refractivity contribution >= 4 is 21.8 Å². The van der Waals surface area contributed by atoms with Crippen LogP contribution in [0.1, 0.15) is 12.8 Å². The third kappa shape index (κ3) is 3.71. The van der Waals surface area contributed by atoms with Gasteiger partial charge in [0.05, 0.1) is 17.8 Å². The third-order valence-electron chi connectivity index (χ3n) is 4.80. The van der Waals surface area contributed by atoms with Gasteiger partial charge in [-0.15, -0.1) is 0 Å². The van der Waals surface area contributed by atoms with Crippen molar-refractivity contribution in [1.29, 1.82) is 0 Å². The maximum atomic E-state index is 12.5. The highest BCUT2D eigenvalue weighted by atomic mass is 35.5. The molecule has 0 unspecified atom stereocenters. The van der Waals surface area contributed by atoms with Gasteiger partial charge in [-0.3, -0.25) is 9.58 Å². The minimum absolute atomic E-state index is 0.287. The molecule has 0 spiro atoms. The number of nitrogens with zero attached hydrogens (tertiary/aromatic N) is 5. The molecule has 9 heteroatoms. The van der Waals surface area contributed by atoms with Crippen LogP contribution in [0.3, 0.4) is 0 Å². The normalized spacial score (nSPS) is 26.8. The molecule has 1 aromatic heterocycles. The van der Waals surface area contributed by atoms with Gasteiger partial charge in [0.1, 0.15) is 0 Å². The van der Waals surface area contributed by atoms with Gasteiger partial charge in [0.2, 0.25) is 0 Å². The number of rotatable bonds is 5. The van der Waals surface area contributed by atoms with Gasteiger partial charge in [-0.25, -0.2) is 0 Å². The Morgan fingerprint density at radius 2 is 2.04 bits per heavy atom. The molecule has 4 heterocycles. The van der Waals surface area contributed by atoms with E-state index < -0.39 is 10.2 Å². The van der Waals surface area contributed by atoms with Crippen LogP contribution in [0.5, 0.6) is 0 Å². The van der Waals surface area contributed by atoms with E-state index in [1.165, 1.54) is 4.31 Å². The van der Waals surface area contributed by atoms with E-state index in [9.17, 15) is 8.42 Å². The second-order valence-electron chi connectivity index (χ2n) is 6.62. The Hall–Kier alpha value is -0.670. The highest BCUT2D eigenvalue weighted by Crippen LogP contribution is 2.29. The summed E-state index contributed by atoms with van der Waals surface area (Å²) in [6, 6.07) is 0.287. The zero-order valence-electron chi connectivity index (χ0n) is 13.6. The number of hydrogen-bond acceptors (Lipinski definition) is 4. The van der Waals surface area contributed by atoms with Crippen molar-refractivity contribution in [3.8, 4) is 0 Å². The van der Waals surface area contributed by atoms with Crippen LogP contribution in [0.2, 0.25) is 5.02 Å². The maximum absolute atomic E-state index is 12.5. The van der Waals surface area contributed by atoms with Crippen LogP contribution in [0.4, 0.5) is 0 Å². The van der Waals surface area contributed by atoms with Crippen molar-refractivity contribution in [2.45, 2.75) is 25.4 Å². The Kier molecular flexibility index (Phi) is 4.98. The van der Waals surface area contributed by atoms with E-state index in [-0.39, 0.29) is 6.04 Å². The summed E-state index contributed by atoms with van der Waals surface area (Å²) in [5.41, 5.74) is 0. The van der Waals surface area contributed by atoms with E-state index in [1.54, 1.807) is 24.6 Å². The number of hydrogen-bond donors (Lipinski definition) is 0. The molecule has 7 nitrogen and oxygen atoms in total. The second-order valence-corrected chi connectivity index (χ2v) is 9.20. The van der Waals surface area contributed by atoms with Gasteiger partial charge in [-0.1, -0.05) is 11.6 Å². The van der Waals surface area contributed by atoms with Crippen LogP contribution in [0.15, 0.2) is 12.4 Å². The molecule has 0 saturated carbocycles. The van der Waals surface area contributed by atoms with Crippen LogP contribution in [0.25, 0.3) is 0 Å². The van der Waals surface area contributed by atoms with Gasteiger partial charge >= 0.3 is 0 Å². The van der Waals surface area contributed by atoms with Gasteiger partial charge in [-0.05, 0) is 18.8 Å². The molecule has 4 rings (SSSR count). The maximum Gasteiger partial charge on any atom is 0.281 e. The lowest BCUT2D eigenvalue weighted by Crippen LogP contribution is -2.47. The molecular weight excluding hydrogens is 338 g/mol. The fraction of sp³-hybridized carbons (Fsp3) is 0.786. The molecule has 3 aliphatic rings. The van der Waals surface area contributed by atoms with E-state index in [2.05, 4.69) is 10.00 Å². The molecule has 0 aromatic carbocycles. The first-order valence-electron chi connectivity index (χ1n) is 7.96. The molecule has 0 aliphatic carbocycles. The van der Waals surface area contributed by atoms with Crippen molar-refractivity contribution in [3.05, 3.63) is 17.4 Å². The molecule has 130 valence electrons. The molecule has 0 N–H and O–H groups in total. The molecular formula is C14H24ClN5O2S. The molecule has 3 saturated heterocycles. The number of fused-ring (bicyclic) bond motifs is 4. The van der Waals surface area contributed by atoms with Crippen LogP contribution < -0.4 is 0 Å². The topological polar surface area (TPSA) is 61.7 Å². The zero-order valence-corrected chi connectivity index (χ0v) is 15.2. The second kappa shape index (κ2) is 6.68. The minimum atomic E-state index is -3.33. The van der Waals surface area contributed by atoms with Gasteiger partial charge in [-0.2, -0.15) is 22.1 Å². The fourth-order valence-electron chi connectivity index (χ4n) is 3.52. The van der Waals surface area contributed by atoms with Crippen molar-refractivity contribution in [2.24, 2.45) is 5.92 Å². The summed E-state index contributed by atoms with van der Waals surface area (Å²) in [6.45, 7) is 3.81. The first-order chi connectivity index (χ1) is 10.9. The van der Waals surface area contributed by atoms with E-state index in [1.807, 2.05) is 10.9 Å². The Labute approximate surface area is 143 Å². The Balaban J connectivity index is 1.67. The molecule has 2 bridgehead atoms. The number of aromatic nitrogens is 2. The minimum Gasteiger partial charge on any atom is -0.297 e. The standard InChI is InChI=1S/C14H24ClN5O2S/c1-17(2)23(21,22)20-9-12-3-4-14(11-20)18(8-12)5-6-19-10-13(15)7-16-19/h7,10,12,14H,3-6,8-9,11H2,1-2H3/t12-,14-/m1/s1. The van der Waals surface area contributed by atoms with Gasteiger partial charge in [0.25, 0.3) is 10.2 Å². The summed E-state index contributed by atoms with van der Waals surface area (Å²) in [7, 11) is -0.134. The van der Waals surface area contributed by atoms with Crippen LogP contribution in [-0.4, -0.2) is 78.0 Å². The Morgan fingerprint density at radius 1 is 1.26 bits per heavy atom. The lowest BCUT2D eigenvalue weighted by molar-refractivity contribution is 0.127. The summed E-state index contributed by atoms with van der Waals surface area (Å²) >= 11 is 5.90. The number of piperidine rings is 1. The lowest BCUT2D eigenvalue weighted by Gasteiger charge is -2.36. The first-order valence-corrected chi connectivity index (χ1v) is 9.73. The number of halogens is 1. The van der Waals surface area contributed by atoms with Gasteiger partial charge in [0.15, 0.2) is 0 Å². The van der Waals surface area contributed by atoms with Gasteiger partial charge < -0.3 is 0 Å². The first kappa shape index (κ1) is 17.2. The molecule has 0 radical (unpaired) electrons. The predicted molar refractivity (Wildman–Crippen MR) is 89.5 cm³/mol. The van der Waals surface area contributed by atoms with E-state index in [4.69, 9.17) is 11.6 Å². The Morgan fingerprint density at radius 3 is 2.70 bits per heavy atom. The summed E-state index contributed by atoms with van der Waals surface area (Å²) < 4.78 is 29.7. The van der Waals surface area contributed by atoms with E-state index >= 15 is 0 Å². The summed E-state index contributed by atoms with van der Waals surface area (Å²) in [6.07, 6.45) is 5.63. The molecule has 1 aromatic rings. The average Bonchev–Trinajstić information content (AvgIpc) is 2.72. The largest absolute Gasteiger partial charge is 0.297 e. The van der Waals surface area contributed by atoms with Crippen molar-refractivity contribution in [3.63, 3.8) is 0 Å². The van der Waals surface area contributed by atoms with Crippen LogP contribution >= 0.6 is 11.6 Å². The average molecular weight is 362 g/mol. The lowest BCUT2D eigenvalue weighted by atomic mass is 9.95. The van der Waals surface area contributed by atoms with Gasteiger partial charge in [0, 0.05) is 52.5 Å². The summed E-state index contributed by atoms with van der Waals surface area (Å²) in [5.74, 6) is 0.407. The predicted octanol–water partition coefficient (Wildman–Crippen LogP) is 0.739. The molecule has 2 atom stereocenters. The van der Waals surface area contributed by atoms with Crippen molar-refractivity contribution in [2.75, 3.05) is 40.3 Å². The SMILES string of the molecule is CN(C)S(=O)(=O)N1C[C@@H]2CC[C@H](C1)N(CCn1cc(Cl)cn1)C2. The molecule has 23 heavy (non-hydrogen) atoms. The fourth-order valence-corrected chi connectivity index (χ4v) is 4.90. The highest BCUT2D eigenvalue weighted by Gasteiger charge is 2.39. The smallest absolute Gasteiger partial charge is 0.281 e. The zero-order chi connectivity index (χ0) is 16.6. The van der Waals surface area contributed by atoms with Crippen LogP contribution in [-0.2, 0) is 16.8 Å². The molecule has 3 aliphatic heterocycles. The van der Waals surface area contributed by atoms with Crippen LogP contribution in [0, 0.1) is 5.92 Å². The van der Waals surface area contributed by atoms with Crippen molar-refractivity contribution in [1.82, 2.24) is 23.3 Å². The monoisotopic (exact) mass is 361 g/mol. The molecule has 0 amide bonds. The quantitative estimate of drug-likeness (QED) is 0.776.